The van der Waals surface area contributed by atoms with Crippen molar-refractivity contribution in [3.8, 4) is 11.5 Å². The minimum atomic E-state index is 0.574. The third-order valence-electron chi connectivity index (χ3n) is 3.65. The van der Waals surface area contributed by atoms with E-state index in [0.717, 1.165) is 16.7 Å². The highest BCUT2D eigenvalue weighted by molar-refractivity contribution is 14.1. The van der Waals surface area contributed by atoms with Crippen LogP contribution >= 0.6 is 22.6 Å². The Bertz CT molecular complexity index is 870. The fraction of sp³-hybridized carbons (Fsp3) is 0.263. The predicted octanol–water partition coefficient (Wildman–Crippen LogP) is 4.64. The van der Waals surface area contributed by atoms with Crippen molar-refractivity contribution in [2.24, 2.45) is 0 Å². The molecule has 1 N–H and O–H groups in total. The van der Waals surface area contributed by atoms with Gasteiger partial charge in [-0.1, -0.05) is 12.1 Å². The summed E-state index contributed by atoms with van der Waals surface area (Å²) >= 11 is 2.32. The Morgan fingerprint density at radius 2 is 1.76 bits per heavy atom. The van der Waals surface area contributed by atoms with Gasteiger partial charge >= 0.3 is 0 Å². The van der Waals surface area contributed by atoms with Crippen LogP contribution in [0.3, 0.4) is 0 Å². The van der Waals surface area contributed by atoms with Gasteiger partial charge in [-0.3, -0.25) is 0 Å². The zero-order chi connectivity index (χ0) is 17.6. The van der Waals surface area contributed by atoms with E-state index in [4.69, 9.17) is 9.47 Å². The molecule has 1 heterocycles. The Balaban J connectivity index is 1.93. The van der Waals surface area contributed by atoms with Crippen molar-refractivity contribution in [3.05, 3.63) is 51.9 Å². The number of halogens is 1. The van der Waals surface area contributed by atoms with Crippen LogP contribution in [0.1, 0.15) is 19.4 Å². The second-order valence-corrected chi connectivity index (χ2v) is 6.63. The molecular formula is C19H20IN3O2. The van der Waals surface area contributed by atoms with Gasteiger partial charge in [-0.15, -0.1) is 0 Å². The molecule has 0 fully saturated rings. The van der Waals surface area contributed by atoms with Gasteiger partial charge in [-0.05, 0) is 60.2 Å². The van der Waals surface area contributed by atoms with Crippen molar-refractivity contribution in [2.75, 3.05) is 18.5 Å². The molecule has 0 amide bonds. The highest BCUT2D eigenvalue weighted by atomic mass is 127. The van der Waals surface area contributed by atoms with Crippen molar-refractivity contribution in [1.82, 2.24) is 9.97 Å². The number of ether oxygens (including phenoxy) is 2. The molecule has 0 spiro atoms. The van der Waals surface area contributed by atoms with E-state index >= 15 is 0 Å². The van der Waals surface area contributed by atoms with Gasteiger partial charge in [-0.25, -0.2) is 9.97 Å². The van der Waals surface area contributed by atoms with Crippen LogP contribution in [-0.4, -0.2) is 23.2 Å². The molecule has 3 aromatic rings. The third kappa shape index (κ3) is 4.31. The lowest BCUT2D eigenvalue weighted by molar-refractivity contribution is 0.288. The van der Waals surface area contributed by atoms with Crippen LogP contribution in [0.2, 0.25) is 0 Å². The summed E-state index contributed by atoms with van der Waals surface area (Å²) in [4.78, 5) is 8.77. The molecule has 130 valence electrons. The maximum Gasteiger partial charge on any atom is 0.163 e. The Labute approximate surface area is 160 Å². The number of hydrogen-bond acceptors (Lipinski definition) is 5. The number of anilines is 1. The molecule has 0 atom stereocenters. The lowest BCUT2D eigenvalue weighted by Gasteiger charge is -2.14. The smallest absolute Gasteiger partial charge is 0.163 e. The quantitative estimate of drug-likeness (QED) is 0.533. The van der Waals surface area contributed by atoms with Crippen LogP contribution in [0, 0.1) is 3.57 Å². The summed E-state index contributed by atoms with van der Waals surface area (Å²) in [5.74, 6) is 2.20. The monoisotopic (exact) mass is 449 g/mol. The first-order valence-corrected chi connectivity index (χ1v) is 9.31. The first-order chi connectivity index (χ1) is 12.2. The lowest BCUT2D eigenvalue weighted by Crippen LogP contribution is -2.04. The Morgan fingerprint density at radius 3 is 2.48 bits per heavy atom. The molecule has 0 aliphatic heterocycles. The van der Waals surface area contributed by atoms with Crippen molar-refractivity contribution in [3.63, 3.8) is 0 Å². The van der Waals surface area contributed by atoms with Gasteiger partial charge in [0.1, 0.15) is 12.1 Å². The second kappa shape index (κ2) is 8.33. The average Bonchev–Trinajstić information content (AvgIpc) is 2.61. The third-order valence-corrected chi connectivity index (χ3v) is 4.32. The number of fused-ring (bicyclic) bond motifs is 1. The van der Waals surface area contributed by atoms with Gasteiger partial charge in [0.25, 0.3) is 0 Å². The van der Waals surface area contributed by atoms with Gasteiger partial charge in [0.2, 0.25) is 0 Å². The minimum absolute atomic E-state index is 0.574. The summed E-state index contributed by atoms with van der Waals surface area (Å²) in [6.07, 6.45) is 1.56. The molecule has 1 aromatic heterocycles. The van der Waals surface area contributed by atoms with E-state index in [1.807, 2.05) is 26.0 Å². The average molecular weight is 449 g/mol. The Kier molecular flexibility index (Phi) is 5.91. The van der Waals surface area contributed by atoms with Gasteiger partial charge in [-0.2, -0.15) is 0 Å². The zero-order valence-electron chi connectivity index (χ0n) is 14.3. The van der Waals surface area contributed by atoms with Crippen molar-refractivity contribution in [2.45, 2.75) is 20.4 Å². The molecule has 0 unspecified atom stereocenters. The minimum Gasteiger partial charge on any atom is -0.490 e. The van der Waals surface area contributed by atoms with Crippen molar-refractivity contribution in [1.29, 1.82) is 0 Å². The molecule has 0 saturated heterocycles. The Hall–Kier alpha value is -2.09. The molecule has 3 rings (SSSR count). The lowest BCUT2D eigenvalue weighted by atomic mass is 10.2. The standard InChI is InChI=1S/C19H20IN3O2/c1-3-24-17-9-15-16(10-18(17)25-4-2)22-12-23-19(15)21-11-13-6-5-7-14(20)8-13/h5-10,12H,3-4,11H2,1-2H3,(H,21,22,23). The second-order valence-electron chi connectivity index (χ2n) is 5.39. The van der Waals surface area contributed by atoms with E-state index in [1.165, 1.54) is 9.13 Å². The van der Waals surface area contributed by atoms with Gasteiger partial charge < -0.3 is 14.8 Å². The molecule has 6 heteroatoms. The van der Waals surface area contributed by atoms with Crippen LogP contribution in [0.25, 0.3) is 10.9 Å². The summed E-state index contributed by atoms with van der Waals surface area (Å²) < 4.78 is 12.6. The van der Waals surface area contributed by atoms with Crippen molar-refractivity contribution < 1.29 is 9.47 Å². The van der Waals surface area contributed by atoms with Gasteiger partial charge in [0, 0.05) is 21.6 Å². The first kappa shape index (κ1) is 17.7. The summed E-state index contributed by atoms with van der Waals surface area (Å²) in [5, 5.41) is 4.32. The highest BCUT2D eigenvalue weighted by Gasteiger charge is 2.11. The Morgan fingerprint density at radius 1 is 1.00 bits per heavy atom. The zero-order valence-corrected chi connectivity index (χ0v) is 16.4. The molecule has 0 aliphatic carbocycles. The van der Waals surface area contributed by atoms with E-state index < -0.39 is 0 Å². The number of aromatic nitrogens is 2. The number of rotatable bonds is 7. The molecule has 5 nitrogen and oxygen atoms in total. The molecule has 2 aromatic carbocycles. The van der Waals surface area contributed by atoms with E-state index in [2.05, 4.69) is 62.1 Å². The van der Waals surface area contributed by atoms with E-state index in [9.17, 15) is 0 Å². The number of nitrogens with zero attached hydrogens (tertiary/aromatic N) is 2. The SMILES string of the molecule is CCOc1cc2ncnc(NCc3cccc(I)c3)c2cc1OCC. The summed E-state index contributed by atoms with van der Waals surface area (Å²) in [6, 6.07) is 12.2. The fourth-order valence-electron chi connectivity index (χ4n) is 2.57. The topological polar surface area (TPSA) is 56.3 Å². The largest absolute Gasteiger partial charge is 0.490 e. The maximum atomic E-state index is 5.72. The fourth-order valence-corrected chi connectivity index (χ4v) is 3.18. The van der Waals surface area contributed by atoms with Crippen molar-refractivity contribution >= 4 is 39.3 Å². The molecule has 0 bridgehead atoms. The predicted molar refractivity (Wildman–Crippen MR) is 108 cm³/mol. The molecule has 0 saturated carbocycles. The number of benzene rings is 2. The van der Waals surface area contributed by atoms with Gasteiger partial charge in [0.05, 0.1) is 18.7 Å². The molecule has 0 aliphatic rings. The normalized spacial score (nSPS) is 10.7. The van der Waals surface area contributed by atoms with E-state index in [0.29, 0.717) is 31.3 Å². The maximum absolute atomic E-state index is 5.72. The number of nitrogens with one attached hydrogen (secondary N) is 1. The summed E-state index contributed by atoms with van der Waals surface area (Å²) in [5.41, 5.74) is 2.03. The molecular weight excluding hydrogens is 429 g/mol. The number of hydrogen-bond donors (Lipinski definition) is 1. The molecule has 0 radical (unpaired) electrons. The summed E-state index contributed by atoms with van der Waals surface area (Å²) in [7, 11) is 0. The van der Waals surface area contributed by atoms with E-state index in [-0.39, 0.29) is 0 Å². The van der Waals surface area contributed by atoms with Crippen LogP contribution in [0.4, 0.5) is 5.82 Å². The highest BCUT2D eigenvalue weighted by Crippen LogP contribution is 2.34. The summed E-state index contributed by atoms with van der Waals surface area (Å²) in [6.45, 7) is 5.75. The van der Waals surface area contributed by atoms with Gasteiger partial charge in [0.15, 0.2) is 11.5 Å². The van der Waals surface area contributed by atoms with Crippen LogP contribution < -0.4 is 14.8 Å². The van der Waals surface area contributed by atoms with Crippen LogP contribution in [-0.2, 0) is 6.54 Å². The molecule has 25 heavy (non-hydrogen) atoms. The van der Waals surface area contributed by atoms with Crippen LogP contribution in [0.15, 0.2) is 42.7 Å². The first-order valence-electron chi connectivity index (χ1n) is 8.24. The van der Waals surface area contributed by atoms with Crippen LogP contribution in [0.5, 0.6) is 11.5 Å². The van der Waals surface area contributed by atoms with E-state index in [1.54, 1.807) is 6.33 Å².